The fourth-order valence-electron chi connectivity index (χ4n) is 11.0. The molecule has 2 aliphatic heterocycles. The summed E-state index contributed by atoms with van der Waals surface area (Å²) in [5.74, 6) is -9.80. The second kappa shape index (κ2) is 41.0. The number of thioether (sulfide) groups is 1. The van der Waals surface area contributed by atoms with Crippen molar-refractivity contribution in [1.82, 2.24) is 52.3 Å². The van der Waals surface area contributed by atoms with Crippen molar-refractivity contribution in [3.05, 3.63) is 71.8 Å². The molecule has 0 spiro atoms. The number of nitrogens with zero attached hydrogens (tertiary/aromatic N) is 3. The quantitative estimate of drug-likeness (QED) is 0.0173. The summed E-state index contributed by atoms with van der Waals surface area (Å²) in [4.78, 5) is 185. The smallest absolute Gasteiger partial charge is 0.245 e. The molecule has 0 radical (unpaired) electrons. The van der Waals surface area contributed by atoms with Crippen LogP contribution in [0.5, 0.6) is 0 Å². The summed E-state index contributed by atoms with van der Waals surface area (Å²) >= 11 is 1.45. The molecule has 0 unspecified atom stereocenters. The molecule has 2 fully saturated rings. The standard InChI is InChI=1S/C63H98N18O13S/c1-37(2)33-45(57(89)74-41(53(68)85)27-32-95-3)73-52(84)36-72-54(86)46(34-38-15-6-4-7-16-38)78-58(90)47(35-39-17-8-5-9-18-39)79-56(88)42(23-25-50(66)82)75-55(87)43(24-26-51(67)83)76-59(91)49-22-14-31-81(49)62(94)44(20-10-11-28-64)77-60(92)48-21-13-30-80(48)61(93)40(65)19-12-29-71-63(69)70/h4-9,15-18,37,40-49H,10-14,19-36,64-65H2,1-3H3,(H2,66,82)(H2,67,83)(H2,68,85)(H,72,86)(H,73,84)(H,74,89)(H,75,87)(H,76,91)(H,77,92)(H,78,90)(H,79,88)(H4,69,70,71)/t40-,41+,42-,43+,44+,45-,46+,47+,48+,49+/m1/s1. The predicted molar refractivity (Wildman–Crippen MR) is 356 cm³/mol. The van der Waals surface area contributed by atoms with Crippen molar-refractivity contribution < 1.29 is 62.3 Å². The third kappa shape index (κ3) is 27.5. The van der Waals surface area contributed by atoms with Crippen LogP contribution in [0.1, 0.15) is 121 Å². The van der Waals surface area contributed by atoms with Gasteiger partial charge >= 0.3 is 0 Å². The van der Waals surface area contributed by atoms with E-state index in [2.05, 4.69) is 47.5 Å². The summed E-state index contributed by atoms with van der Waals surface area (Å²) in [6.07, 6.45) is 3.12. The molecule has 2 aromatic rings. The van der Waals surface area contributed by atoms with Gasteiger partial charge in [-0.2, -0.15) is 11.8 Å². The number of amides is 13. The molecule has 95 heavy (non-hydrogen) atoms. The topological polar surface area (TPSA) is 519 Å². The first-order chi connectivity index (χ1) is 45.2. The summed E-state index contributed by atoms with van der Waals surface area (Å²) in [5, 5.41) is 21.1. The molecule has 524 valence electrons. The van der Waals surface area contributed by atoms with E-state index in [9.17, 15) is 62.3 Å². The van der Waals surface area contributed by atoms with Gasteiger partial charge in [0.2, 0.25) is 76.8 Å². The Kier molecular flexibility index (Phi) is 33.9. The van der Waals surface area contributed by atoms with E-state index in [0.717, 1.165) is 0 Å². The molecule has 13 amide bonds. The van der Waals surface area contributed by atoms with Crippen LogP contribution < -0.4 is 82.7 Å². The number of nitrogens with one attached hydrogen (secondary N) is 8. The van der Waals surface area contributed by atoms with Gasteiger partial charge in [-0.1, -0.05) is 74.5 Å². The van der Waals surface area contributed by atoms with Crippen LogP contribution in [0.2, 0.25) is 0 Å². The number of hydrogen-bond donors (Lipinski definition) is 15. The highest BCUT2D eigenvalue weighted by Gasteiger charge is 2.42. The Hall–Kier alpha value is -8.91. The molecule has 32 heteroatoms. The Bertz CT molecular complexity index is 2960. The molecular formula is C63H98N18O13S. The summed E-state index contributed by atoms with van der Waals surface area (Å²) in [5.41, 5.74) is 40.6. The van der Waals surface area contributed by atoms with Gasteiger partial charge in [-0.05, 0) is 119 Å². The summed E-state index contributed by atoms with van der Waals surface area (Å²) in [6, 6.07) is 4.51. The molecule has 2 saturated heterocycles. The second-order valence-corrected chi connectivity index (χ2v) is 25.1. The zero-order chi connectivity index (χ0) is 70.1. The average Bonchev–Trinajstić information content (AvgIpc) is 1.74. The van der Waals surface area contributed by atoms with Crippen LogP contribution >= 0.6 is 11.8 Å². The predicted octanol–water partition coefficient (Wildman–Crippen LogP) is -3.71. The second-order valence-electron chi connectivity index (χ2n) is 24.1. The Labute approximate surface area is 558 Å². The van der Waals surface area contributed by atoms with Crippen LogP contribution in [-0.2, 0) is 75.2 Å². The van der Waals surface area contributed by atoms with Crippen molar-refractivity contribution in [2.24, 2.45) is 51.0 Å². The molecule has 0 saturated carbocycles. The van der Waals surface area contributed by atoms with Crippen molar-refractivity contribution in [1.29, 1.82) is 0 Å². The lowest BCUT2D eigenvalue weighted by Crippen LogP contribution is -2.60. The fourth-order valence-corrected chi connectivity index (χ4v) is 11.5. The molecule has 2 aliphatic rings. The normalized spacial score (nSPS) is 16.8. The van der Waals surface area contributed by atoms with Gasteiger partial charge < -0.3 is 92.5 Å². The zero-order valence-electron chi connectivity index (χ0n) is 54.5. The minimum Gasteiger partial charge on any atom is -0.370 e. The lowest BCUT2D eigenvalue weighted by Gasteiger charge is -2.32. The highest BCUT2D eigenvalue weighted by atomic mass is 32.2. The number of guanidine groups is 1. The van der Waals surface area contributed by atoms with Gasteiger partial charge in [-0.15, -0.1) is 0 Å². The Morgan fingerprint density at radius 1 is 0.537 bits per heavy atom. The Morgan fingerprint density at radius 2 is 1.01 bits per heavy atom. The molecule has 0 aromatic heterocycles. The molecule has 2 heterocycles. The van der Waals surface area contributed by atoms with E-state index in [1.807, 2.05) is 20.1 Å². The summed E-state index contributed by atoms with van der Waals surface area (Å²) in [6.45, 7) is 3.86. The van der Waals surface area contributed by atoms with Crippen LogP contribution in [0.25, 0.3) is 0 Å². The minimum atomic E-state index is -1.64. The zero-order valence-corrected chi connectivity index (χ0v) is 55.3. The van der Waals surface area contributed by atoms with Crippen LogP contribution in [0, 0.1) is 5.92 Å². The summed E-state index contributed by atoms with van der Waals surface area (Å²) in [7, 11) is 0. The number of hydrogen-bond acceptors (Lipinski definition) is 17. The summed E-state index contributed by atoms with van der Waals surface area (Å²) < 4.78 is 0. The van der Waals surface area contributed by atoms with Crippen molar-refractivity contribution in [3.8, 4) is 0 Å². The Morgan fingerprint density at radius 3 is 1.51 bits per heavy atom. The number of carbonyl (C=O) groups excluding carboxylic acids is 13. The van der Waals surface area contributed by atoms with E-state index in [0.29, 0.717) is 55.4 Å². The molecule has 10 atom stereocenters. The molecule has 0 aliphatic carbocycles. The maximum Gasteiger partial charge on any atom is 0.245 e. The number of aliphatic imine (C=N–C) groups is 1. The van der Waals surface area contributed by atoms with Gasteiger partial charge in [-0.3, -0.25) is 67.3 Å². The van der Waals surface area contributed by atoms with Gasteiger partial charge in [0.25, 0.3) is 0 Å². The first kappa shape index (κ1) is 78.5. The van der Waals surface area contributed by atoms with E-state index in [1.54, 1.807) is 60.7 Å². The molecule has 22 N–H and O–H groups in total. The molecule has 31 nitrogen and oxygen atoms in total. The highest BCUT2D eigenvalue weighted by Crippen LogP contribution is 2.24. The first-order valence-corrected chi connectivity index (χ1v) is 33.6. The fraction of sp³-hybridized carbons (Fsp3) is 0.587. The van der Waals surface area contributed by atoms with E-state index in [-0.39, 0.29) is 83.0 Å². The number of rotatable bonds is 42. The number of carbonyl (C=O) groups is 13. The van der Waals surface area contributed by atoms with Crippen LogP contribution in [0.3, 0.4) is 0 Å². The van der Waals surface area contributed by atoms with Gasteiger partial charge in [-0.25, -0.2) is 0 Å². The minimum absolute atomic E-state index is 0.0736. The maximum atomic E-state index is 14.7. The maximum absolute atomic E-state index is 14.7. The number of primary amides is 3. The SMILES string of the molecule is CSCC[C@H](NC(=O)[C@@H](CC(C)C)NC(=O)CNC(=O)[C@H](Cc1ccccc1)NC(=O)[C@H](Cc1ccccc1)NC(=O)[C@@H](CCC(N)=O)NC(=O)[C@H](CCC(N)=O)NC(=O)[C@@H]1CCCN1C(=O)[C@H](CCCCN)NC(=O)[C@@H]1CCCN1C(=O)[C@H](N)CCCN=C(N)N)C(N)=O. The molecule has 2 aromatic carbocycles. The van der Waals surface area contributed by atoms with E-state index < -0.39 is 169 Å². The van der Waals surface area contributed by atoms with Crippen molar-refractivity contribution in [3.63, 3.8) is 0 Å². The van der Waals surface area contributed by atoms with E-state index >= 15 is 0 Å². The molecular weight excluding hydrogens is 1250 g/mol. The van der Waals surface area contributed by atoms with Crippen molar-refractivity contribution in [2.45, 2.75) is 183 Å². The van der Waals surface area contributed by atoms with Gasteiger partial charge in [0.05, 0.1) is 12.6 Å². The average molecular weight is 1350 g/mol. The van der Waals surface area contributed by atoms with Crippen molar-refractivity contribution in [2.75, 3.05) is 44.7 Å². The van der Waals surface area contributed by atoms with Crippen LogP contribution in [-0.4, -0.2) is 198 Å². The third-order valence-electron chi connectivity index (χ3n) is 16.0. The number of unbranched alkanes of at least 4 members (excludes halogenated alkanes) is 1. The molecule has 0 bridgehead atoms. The lowest BCUT2D eigenvalue weighted by molar-refractivity contribution is -0.144. The van der Waals surface area contributed by atoms with Crippen LogP contribution in [0.4, 0.5) is 0 Å². The van der Waals surface area contributed by atoms with Crippen molar-refractivity contribution >= 4 is 94.5 Å². The highest BCUT2D eigenvalue weighted by molar-refractivity contribution is 7.98. The first-order valence-electron chi connectivity index (χ1n) is 32.2. The van der Waals surface area contributed by atoms with Crippen LogP contribution in [0.15, 0.2) is 65.7 Å². The Balaban J connectivity index is 1.56. The third-order valence-corrected chi connectivity index (χ3v) is 16.7. The molecule has 4 rings (SSSR count). The number of benzene rings is 2. The monoisotopic (exact) mass is 1350 g/mol. The lowest BCUT2D eigenvalue weighted by atomic mass is 10.0. The van der Waals surface area contributed by atoms with Gasteiger partial charge in [0, 0.05) is 45.3 Å². The number of likely N-dealkylation sites (tertiary alicyclic amines) is 2. The van der Waals surface area contributed by atoms with E-state index in [4.69, 9.17) is 40.1 Å². The van der Waals surface area contributed by atoms with Gasteiger partial charge in [0.15, 0.2) is 5.96 Å². The van der Waals surface area contributed by atoms with E-state index in [1.165, 1.54) is 21.6 Å². The largest absolute Gasteiger partial charge is 0.370 e. The van der Waals surface area contributed by atoms with Gasteiger partial charge in [0.1, 0.15) is 54.4 Å². The number of nitrogens with two attached hydrogens (primary N) is 7.